The molecule has 2 amide bonds. The van der Waals surface area contributed by atoms with Crippen molar-refractivity contribution in [1.82, 2.24) is 5.32 Å². The molecular weight excluding hydrogens is 268 g/mol. The van der Waals surface area contributed by atoms with Gasteiger partial charge in [0.05, 0.1) is 12.3 Å². The largest absolute Gasteiger partial charge is 0.506 e. The van der Waals surface area contributed by atoms with Crippen LogP contribution in [0.1, 0.15) is 6.42 Å². The highest BCUT2D eigenvalue weighted by Crippen LogP contribution is 2.20. The summed E-state index contributed by atoms with van der Waals surface area (Å²) in [5.74, 6) is 0.858. The molecule has 0 aromatic heterocycles. The fourth-order valence-electron chi connectivity index (χ4n) is 1.73. The molecule has 0 aliphatic heterocycles. The molecule has 0 fully saturated rings. The first-order chi connectivity index (χ1) is 10.3. The molecule has 3 N–H and O–H groups in total. The molecule has 0 bridgehead atoms. The van der Waals surface area contributed by atoms with Crippen LogP contribution in [-0.2, 0) is 0 Å². The SMILES string of the molecule is O=C(NCCCOc1ccccc1)Nc1ccccc1O. The van der Waals surface area contributed by atoms with Gasteiger partial charge in [0.1, 0.15) is 11.5 Å². The van der Waals surface area contributed by atoms with Gasteiger partial charge in [-0.25, -0.2) is 4.79 Å². The lowest BCUT2D eigenvalue weighted by atomic mass is 10.3. The predicted octanol–water partition coefficient (Wildman–Crippen LogP) is 2.98. The van der Waals surface area contributed by atoms with E-state index in [4.69, 9.17) is 4.74 Å². The van der Waals surface area contributed by atoms with E-state index in [-0.39, 0.29) is 11.8 Å². The summed E-state index contributed by atoms with van der Waals surface area (Å²) in [5.41, 5.74) is 0.385. The second-order valence-corrected chi connectivity index (χ2v) is 4.41. The van der Waals surface area contributed by atoms with Crippen LogP contribution in [0.4, 0.5) is 10.5 Å². The monoisotopic (exact) mass is 286 g/mol. The summed E-state index contributed by atoms with van der Waals surface area (Å²) < 4.78 is 5.51. The third kappa shape index (κ3) is 5.06. The van der Waals surface area contributed by atoms with Gasteiger partial charge in [-0.15, -0.1) is 0 Å². The number of hydrogen-bond donors (Lipinski definition) is 3. The Bertz CT molecular complexity index is 573. The fraction of sp³-hybridized carbons (Fsp3) is 0.188. The Hall–Kier alpha value is -2.69. The van der Waals surface area contributed by atoms with Crippen LogP contribution < -0.4 is 15.4 Å². The number of anilines is 1. The number of phenolic OH excluding ortho intramolecular Hbond substituents is 1. The molecule has 0 heterocycles. The van der Waals surface area contributed by atoms with Crippen LogP contribution in [-0.4, -0.2) is 24.3 Å². The van der Waals surface area contributed by atoms with Crippen LogP contribution in [0.25, 0.3) is 0 Å². The summed E-state index contributed by atoms with van der Waals surface area (Å²) in [6, 6.07) is 15.8. The van der Waals surface area contributed by atoms with Crippen molar-refractivity contribution in [2.45, 2.75) is 6.42 Å². The van der Waals surface area contributed by atoms with E-state index in [1.54, 1.807) is 18.2 Å². The van der Waals surface area contributed by atoms with Gasteiger partial charge in [0, 0.05) is 6.54 Å². The third-order valence-electron chi connectivity index (χ3n) is 2.77. The molecule has 5 nitrogen and oxygen atoms in total. The first kappa shape index (κ1) is 14.7. The van der Waals surface area contributed by atoms with Crippen LogP contribution in [0, 0.1) is 0 Å². The van der Waals surface area contributed by atoms with Crippen LogP contribution >= 0.6 is 0 Å². The first-order valence-corrected chi connectivity index (χ1v) is 6.76. The molecule has 2 aromatic rings. The number of rotatable bonds is 6. The molecule has 0 saturated carbocycles. The Morgan fingerprint density at radius 2 is 1.76 bits per heavy atom. The van der Waals surface area contributed by atoms with E-state index in [9.17, 15) is 9.90 Å². The minimum absolute atomic E-state index is 0.0417. The number of carbonyl (C=O) groups excluding carboxylic acids is 1. The van der Waals surface area contributed by atoms with Gasteiger partial charge in [-0.3, -0.25) is 0 Å². The highest BCUT2D eigenvalue weighted by Gasteiger charge is 2.04. The minimum atomic E-state index is -0.351. The van der Waals surface area contributed by atoms with Crippen molar-refractivity contribution in [3.63, 3.8) is 0 Å². The zero-order valence-electron chi connectivity index (χ0n) is 11.6. The highest BCUT2D eigenvalue weighted by molar-refractivity contribution is 5.90. The van der Waals surface area contributed by atoms with Gasteiger partial charge in [-0.1, -0.05) is 30.3 Å². The zero-order chi connectivity index (χ0) is 14.9. The Kier molecular flexibility index (Phi) is 5.46. The number of carbonyl (C=O) groups is 1. The summed E-state index contributed by atoms with van der Waals surface area (Å²) in [6.07, 6.45) is 0.698. The molecule has 0 radical (unpaired) electrons. The summed E-state index contributed by atoms with van der Waals surface area (Å²) in [6.45, 7) is 1.02. The Morgan fingerprint density at radius 3 is 2.52 bits per heavy atom. The number of hydrogen-bond acceptors (Lipinski definition) is 3. The summed E-state index contributed by atoms with van der Waals surface area (Å²) in [5, 5.41) is 14.8. The molecule has 0 saturated heterocycles. The minimum Gasteiger partial charge on any atom is -0.506 e. The quantitative estimate of drug-likeness (QED) is 0.565. The van der Waals surface area contributed by atoms with Gasteiger partial charge in [0.15, 0.2) is 0 Å². The lowest BCUT2D eigenvalue weighted by Gasteiger charge is -2.09. The molecule has 0 spiro atoms. The van der Waals surface area contributed by atoms with Gasteiger partial charge in [-0.05, 0) is 30.7 Å². The molecule has 21 heavy (non-hydrogen) atoms. The van der Waals surface area contributed by atoms with Crippen molar-refractivity contribution >= 4 is 11.7 Å². The second kappa shape index (κ2) is 7.79. The average Bonchev–Trinajstić information content (AvgIpc) is 2.50. The summed E-state index contributed by atoms with van der Waals surface area (Å²) >= 11 is 0. The van der Waals surface area contributed by atoms with E-state index in [0.29, 0.717) is 25.3 Å². The van der Waals surface area contributed by atoms with Crippen LogP contribution in [0.3, 0.4) is 0 Å². The maximum Gasteiger partial charge on any atom is 0.319 e. The van der Waals surface area contributed by atoms with Crippen molar-refractivity contribution in [1.29, 1.82) is 0 Å². The number of ether oxygens (including phenoxy) is 1. The average molecular weight is 286 g/mol. The van der Waals surface area contributed by atoms with Crippen molar-refractivity contribution in [3.05, 3.63) is 54.6 Å². The van der Waals surface area contributed by atoms with Gasteiger partial charge in [-0.2, -0.15) is 0 Å². The van der Waals surface area contributed by atoms with E-state index in [1.807, 2.05) is 30.3 Å². The standard InChI is InChI=1S/C16H18N2O3/c19-15-10-5-4-9-14(15)18-16(20)17-11-6-12-21-13-7-2-1-3-8-13/h1-5,7-10,19H,6,11-12H2,(H2,17,18,20). The van der Waals surface area contributed by atoms with E-state index in [1.165, 1.54) is 6.07 Å². The Labute approximate surface area is 123 Å². The Balaban J connectivity index is 1.63. The summed E-state index contributed by atoms with van der Waals surface area (Å²) in [4.78, 5) is 11.6. The van der Waals surface area contributed by atoms with Crippen molar-refractivity contribution in [3.8, 4) is 11.5 Å². The smallest absolute Gasteiger partial charge is 0.319 e. The maximum atomic E-state index is 11.6. The van der Waals surface area contributed by atoms with Crippen molar-refractivity contribution in [2.75, 3.05) is 18.5 Å². The molecule has 0 aliphatic carbocycles. The summed E-state index contributed by atoms with van der Waals surface area (Å²) in [7, 11) is 0. The van der Waals surface area contributed by atoms with Crippen molar-refractivity contribution < 1.29 is 14.6 Å². The molecule has 110 valence electrons. The number of phenols is 1. The van der Waals surface area contributed by atoms with E-state index < -0.39 is 0 Å². The number of aromatic hydroxyl groups is 1. The number of para-hydroxylation sites is 3. The van der Waals surface area contributed by atoms with Crippen LogP contribution in [0.15, 0.2) is 54.6 Å². The van der Waals surface area contributed by atoms with Gasteiger partial charge in [0.25, 0.3) is 0 Å². The molecule has 2 aromatic carbocycles. The Morgan fingerprint density at radius 1 is 1.05 bits per heavy atom. The van der Waals surface area contributed by atoms with E-state index >= 15 is 0 Å². The van der Waals surface area contributed by atoms with E-state index in [2.05, 4.69) is 10.6 Å². The normalized spacial score (nSPS) is 9.90. The molecule has 0 unspecified atom stereocenters. The number of nitrogens with one attached hydrogen (secondary N) is 2. The fourth-order valence-corrected chi connectivity index (χ4v) is 1.73. The highest BCUT2D eigenvalue weighted by atomic mass is 16.5. The van der Waals surface area contributed by atoms with Gasteiger partial charge < -0.3 is 20.5 Å². The van der Waals surface area contributed by atoms with Crippen LogP contribution in [0.5, 0.6) is 11.5 Å². The molecule has 0 atom stereocenters. The number of urea groups is 1. The van der Waals surface area contributed by atoms with E-state index in [0.717, 1.165) is 5.75 Å². The molecular formula is C16H18N2O3. The third-order valence-corrected chi connectivity index (χ3v) is 2.77. The zero-order valence-corrected chi connectivity index (χ0v) is 11.6. The molecule has 2 rings (SSSR count). The molecule has 5 heteroatoms. The number of benzene rings is 2. The van der Waals surface area contributed by atoms with Gasteiger partial charge in [0.2, 0.25) is 0 Å². The number of amides is 2. The lowest BCUT2D eigenvalue weighted by molar-refractivity contribution is 0.250. The van der Waals surface area contributed by atoms with Crippen LogP contribution in [0.2, 0.25) is 0 Å². The predicted molar refractivity (Wildman–Crippen MR) is 81.7 cm³/mol. The maximum absolute atomic E-state index is 11.6. The topological polar surface area (TPSA) is 70.6 Å². The second-order valence-electron chi connectivity index (χ2n) is 4.41. The molecule has 0 aliphatic rings. The van der Waals surface area contributed by atoms with Crippen molar-refractivity contribution in [2.24, 2.45) is 0 Å². The first-order valence-electron chi connectivity index (χ1n) is 6.76. The lowest BCUT2D eigenvalue weighted by Crippen LogP contribution is -2.30. The van der Waals surface area contributed by atoms with Gasteiger partial charge >= 0.3 is 6.03 Å².